The molecule has 0 aromatic carbocycles. The van der Waals surface area contributed by atoms with Crippen LogP contribution in [0.4, 0.5) is 5.82 Å². The first-order valence-corrected chi connectivity index (χ1v) is 11.5. The molecule has 1 aromatic rings. The van der Waals surface area contributed by atoms with Gasteiger partial charge in [-0.2, -0.15) is 0 Å². The Kier molecular flexibility index (Phi) is 11.4. The number of aliphatic imine (C=N–C) groups is 1. The van der Waals surface area contributed by atoms with Crippen LogP contribution in [-0.4, -0.2) is 76.8 Å². The fourth-order valence-corrected chi connectivity index (χ4v) is 3.39. The van der Waals surface area contributed by atoms with Crippen LogP contribution in [0.3, 0.4) is 0 Å². The Labute approximate surface area is 189 Å². The van der Waals surface area contributed by atoms with E-state index in [9.17, 15) is 8.42 Å². The molecule has 0 bridgehead atoms. The molecule has 0 saturated carbocycles. The normalized spacial score (nSPS) is 17.3. The molecular formula is C17H29ClIN5O3S. The minimum atomic E-state index is -2.99. The van der Waals surface area contributed by atoms with Gasteiger partial charge in [0.2, 0.25) is 0 Å². The zero-order valence-corrected chi connectivity index (χ0v) is 20.1. The molecule has 1 atom stereocenters. The van der Waals surface area contributed by atoms with Crippen molar-refractivity contribution in [2.45, 2.75) is 19.4 Å². The molecular weight excluding hydrogens is 517 g/mol. The summed E-state index contributed by atoms with van der Waals surface area (Å²) in [5, 5.41) is 7.30. The van der Waals surface area contributed by atoms with Crippen LogP contribution in [-0.2, 0) is 14.6 Å². The lowest BCUT2D eigenvalue weighted by Crippen LogP contribution is -2.44. The predicted molar refractivity (Wildman–Crippen MR) is 125 cm³/mol. The summed E-state index contributed by atoms with van der Waals surface area (Å²) in [6.45, 7) is 5.47. The highest BCUT2D eigenvalue weighted by Crippen LogP contribution is 2.25. The number of nitrogens with zero attached hydrogens (tertiary/aromatic N) is 3. The van der Waals surface area contributed by atoms with Crippen LogP contribution < -0.4 is 15.5 Å². The van der Waals surface area contributed by atoms with Gasteiger partial charge in [0.15, 0.2) is 5.96 Å². The Morgan fingerprint density at radius 1 is 1.46 bits per heavy atom. The third-order valence-corrected chi connectivity index (χ3v) is 5.22. The minimum Gasteiger partial charge on any atom is -0.378 e. The van der Waals surface area contributed by atoms with Crippen molar-refractivity contribution in [2.24, 2.45) is 4.99 Å². The average Bonchev–Trinajstić information content (AvgIpc) is 3.06. The van der Waals surface area contributed by atoms with Crippen LogP contribution in [0.5, 0.6) is 0 Å². The predicted octanol–water partition coefficient (Wildman–Crippen LogP) is 1.55. The molecule has 160 valence electrons. The molecule has 8 nitrogen and oxygen atoms in total. The van der Waals surface area contributed by atoms with E-state index in [4.69, 9.17) is 16.3 Å². The van der Waals surface area contributed by atoms with Crippen LogP contribution in [0.2, 0.25) is 5.02 Å². The van der Waals surface area contributed by atoms with Crippen molar-refractivity contribution in [1.29, 1.82) is 0 Å². The third-order valence-electron chi connectivity index (χ3n) is 4.02. The second kappa shape index (κ2) is 12.7. The van der Waals surface area contributed by atoms with E-state index in [0.717, 1.165) is 37.8 Å². The molecule has 1 fully saturated rings. The van der Waals surface area contributed by atoms with Gasteiger partial charge in [-0.3, -0.25) is 4.99 Å². The van der Waals surface area contributed by atoms with Crippen LogP contribution >= 0.6 is 35.6 Å². The van der Waals surface area contributed by atoms with E-state index >= 15 is 0 Å². The number of pyridine rings is 1. The van der Waals surface area contributed by atoms with Gasteiger partial charge in [0.05, 0.1) is 30.5 Å². The zero-order valence-electron chi connectivity index (χ0n) is 16.2. The number of hydrogen-bond acceptors (Lipinski definition) is 6. The highest BCUT2D eigenvalue weighted by atomic mass is 127. The molecule has 28 heavy (non-hydrogen) atoms. The first-order chi connectivity index (χ1) is 12.9. The smallest absolute Gasteiger partial charge is 0.191 e. The van der Waals surface area contributed by atoms with Crippen LogP contribution in [0.15, 0.2) is 23.3 Å². The lowest BCUT2D eigenvalue weighted by atomic mass is 10.3. The Morgan fingerprint density at radius 2 is 2.25 bits per heavy atom. The number of aromatic nitrogens is 1. The summed E-state index contributed by atoms with van der Waals surface area (Å²) >= 11 is 6.23. The molecule has 2 N–H and O–H groups in total. The van der Waals surface area contributed by atoms with Gasteiger partial charge >= 0.3 is 0 Å². The summed E-state index contributed by atoms with van der Waals surface area (Å²) in [4.78, 5) is 11.0. The highest BCUT2D eigenvalue weighted by Gasteiger charge is 2.25. The monoisotopic (exact) mass is 545 g/mol. The van der Waals surface area contributed by atoms with Gasteiger partial charge < -0.3 is 20.3 Å². The topological polar surface area (TPSA) is 95.9 Å². The van der Waals surface area contributed by atoms with Gasteiger partial charge in [-0.05, 0) is 25.5 Å². The van der Waals surface area contributed by atoms with Gasteiger partial charge in [-0.15, -0.1) is 24.0 Å². The number of guanidine groups is 1. The molecule has 0 amide bonds. The second-order valence-electron chi connectivity index (χ2n) is 6.39. The molecule has 1 saturated heterocycles. The number of hydrogen-bond donors (Lipinski definition) is 2. The summed E-state index contributed by atoms with van der Waals surface area (Å²) in [6, 6.07) is 3.91. The number of rotatable bonds is 9. The lowest BCUT2D eigenvalue weighted by molar-refractivity contribution is 0.157. The summed E-state index contributed by atoms with van der Waals surface area (Å²) in [7, 11) is -2.99. The number of sulfone groups is 1. The van der Waals surface area contributed by atoms with Gasteiger partial charge in [-0.1, -0.05) is 11.6 Å². The highest BCUT2D eigenvalue weighted by molar-refractivity contribution is 14.0. The minimum absolute atomic E-state index is 0. The van der Waals surface area contributed by atoms with Crippen LogP contribution in [0.25, 0.3) is 0 Å². The van der Waals surface area contributed by atoms with Crippen molar-refractivity contribution in [1.82, 2.24) is 15.6 Å². The van der Waals surface area contributed by atoms with Crippen LogP contribution in [0.1, 0.15) is 13.3 Å². The largest absolute Gasteiger partial charge is 0.378 e. The number of ether oxygens (including phenoxy) is 1. The molecule has 1 aliphatic rings. The Hall–Kier alpha value is -0.850. The summed E-state index contributed by atoms with van der Waals surface area (Å²) in [5.74, 6) is 1.57. The van der Waals surface area contributed by atoms with E-state index in [-0.39, 0.29) is 42.4 Å². The molecule has 2 rings (SSSR count). The first kappa shape index (κ1) is 25.2. The fourth-order valence-electron chi connectivity index (χ4n) is 2.73. The summed E-state index contributed by atoms with van der Waals surface area (Å²) in [6.07, 6.45) is 3.91. The number of anilines is 1. The van der Waals surface area contributed by atoms with E-state index in [2.05, 4.69) is 25.5 Å². The lowest BCUT2D eigenvalue weighted by Gasteiger charge is -2.20. The Bertz CT molecular complexity index is 735. The van der Waals surface area contributed by atoms with E-state index < -0.39 is 9.84 Å². The molecule has 2 heterocycles. The molecule has 0 aliphatic carbocycles. The fraction of sp³-hybridized carbons (Fsp3) is 0.647. The summed E-state index contributed by atoms with van der Waals surface area (Å²) in [5.41, 5.74) is 0. The Balaban J connectivity index is 0.00000392. The maximum Gasteiger partial charge on any atom is 0.191 e. The van der Waals surface area contributed by atoms with Crippen molar-refractivity contribution in [2.75, 3.05) is 56.3 Å². The van der Waals surface area contributed by atoms with Crippen molar-refractivity contribution >= 4 is 57.2 Å². The number of halogens is 2. The van der Waals surface area contributed by atoms with E-state index in [1.165, 1.54) is 6.26 Å². The maximum atomic E-state index is 11.1. The first-order valence-electron chi connectivity index (χ1n) is 9.05. The van der Waals surface area contributed by atoms with E-state index in [1.54, 1.807) is 6.20 Å². The molecule has 1 aromatic heterocycles. The average molecular weight is 546 g/mol. The van der Waals surface area contributed by atoms with Crippen molar-refractivity contribution in [3.8, 4) is 0 Å². The Morgan fingerprint density at radius 3 is 2.93 bits per heavy atom. The molecule has 1 aliphatic heterocycles. The molecule has 11 heteroatoms. The number of nitrogens with one attached hydrogen (secondary N) is 2. The molecule has 0 radical (unpaired) electrons. The van der Waals surface area contributed by atoms with Crippen molar-refractivity contribution in [3.63, 3.8) is 0 Å². The third kappa shape index (κ3) is 9.10. The van der Waals surface area contributed by atoms with Gasteiger partial charge in [-0.25, -0.2) is 13.4 Å². The summed E-state index contributed by atoms with van der Waals surface area (Å²) < 4.78 is 27.4. The van der Waals surface area contributed by atoms with Gasteiger partial charge in [0.25, 0.3) is 0 Å². The van der Waals surface area contributed by atoms with E-state index in [1.807, 2.05) is 19.1 Å². The zero-order chi connectivity index (χ0) is 19.7. The van der Waals surface area contributed by atoms with Crippen molar-refractivity contribution in [3.05, 3.63) is 23.4 Å². The molecule has 0 spiro atoms. The SMILES string of the molecule is CCNC(=NCCOCCS(C)(=O)=O)NC1CCN(c2ncccc2Cl)C1.I. The maximum absolute atomic E-state index is 11.1. The van der Waals surface area contributed by atoms with E-state index in [0.29, 0.717) is 18.2 Å². The van der Waals surface area contributed by atoms with Crippen LogP contribution in [0, 0.1) is 0 Å². The standard InChI is InChI=1S/C17H28ClN5O3S.HI/c1-3-19-17(21-8-10-26-11-12-27(2,24)25)22-14-6-9-23(13-14)16-15(18)5-4-7-20-16;/h4-5,7,14H,3,6,8-13H2,1-2H3,(H2,19,21,22);1H. The van der Waals surface area contributed by atoms with Gasteiger partial charge in [0, 0.05) is 38.1 Å². The van der Waals surface area contributed by atoms with Gasteiger partial charge in [0.1, 0.15) is 15.7 Å². The quantitative estimate of drug-likeness (QED) is 0.210. The second-order valence-corrected chi connectivity index (χ2v) is 9.05. The molecule has 1 unspecified atom stereocenters. The van der Waals surface area contributed by atoms with Crippen molar-refractivity contribution < 1.29 is 13.2 Å².